The molecular weight excluding hydrogens is 446 g/mol. The zero-order valence-electron chi connectivity index (χ0n) is 19.8. The zero-order valence-corrected chi connectivity index (χ0v) is 19.8. The summed E-state index contributed by atoms with van der Waals surface area (Å²) in [5, 5.41) is 12.2. The molecule has 3 heterocycles. The summed E-state index contributed by atoms with van der Waals surface area (Å²) in [6.45, 7) is 6.30. The van der Waals surface area contributed by atoms with E-state index < -0.39 is 0 Å². The van der Waals surface area contributed by atoms with Gasteiger partial charge in [0.1, 0.15) is 5.75 Å². The molecule has 2 aliphatic rings. The van der Waals surface area contributed by atoms with Crippen LogP contribution >= 0.6 is 0 Å². The quantitative estimate of drug-likeness (QED) is 0.514. The van der Waals surface area contributed by atoms with Crippen molar-refractivity contribution in [3.63, 3.8) is 0 Å². The summed E-state index contributed by atoms with van der Waals surface area (Å²) in [7, 11) is 0. The number of carbonyl (C=O) groups is 2. The third-order valence-electron chi connectivity index (χ3n) is 6.52. The first-order chi connectivity index (χ1) is 17.1. The van der Waals surface area contributed by atoms with Crippen LogP contribution in [0.25, 0.3) is 5.69 Å². The maximum absolute atomic E-state index is 13.1. The van der Waals surface area contributed by atoms with Gasteiger partial charge in [0, 0.05) is 44.8 Å². The lowest BCUT2D eigenvalue weighted by molar-refractivity contribution is -0.137. The number of carbonyl (C=O) groups excluding carboxylic acids is 2. The Morgan fingerprint density at radius 2 is 1.74 bits per heavy atom. The van der Waals surface area contributed by atoms with E-state index in [1.165, 1.54) is 0 Å². The van der Waals surface area contributed by atoms with Crippen LogP contribution in [0.5, 0.6) is 5.75 Å². The lowest BCUT2D eigenvalue weighted by Crippen LogP contribution is -2.50. The summed E-state index contributed by atoms with van der Waals surface area (Å²) >= 11 is 0. The van der Waals surface area contributed by atoms with Crippen LogP contribution in [0, 0.1) is 5.92 Å². The highest BCUT2D eigenvalue weighted by atomic mass is 16.5. The fourth-order valence-electron chi connectivity index (χ4n) is 4.67. The van der Waals surface area contributed by atoms with Gasteiger partial charge in [0.25, 0.3) is 0 Å². The molecule has 3 aromatic rings. The van der Waals surface area contributed by atoms with Crippen LogP contribution < -0.4 is 9.64 Å². The van der Waals surface area contributed by atoms with Crippen LogP contribution in [-0.2, 0) is 16.1 Å². The Morgan fingerprint density at radius 1 is 1.00 bits per heavy atom. The second-order valence-corrected chi connectivity index (χ2v) is 8.78. The Labute approximate surface area is 204 Å². The van der Waals surface area contributed by atoms with E-state index in [0.29, 0.717) is 32.8 Å². The molecule has 1 aromatic heterocycles. The summed E-state index contributed by atoms with van der Waals surface area (Å²) in [4.78, 5) is 31.5. The molecule has 0 spiro atoms. The fourth-order valence-corrected chi connectivity index (χ4v) is 4.67. The van der Waals surface area contributed by atoms with Crippen LogP contribution in [-0.4, -0.2) is 81.2 Å². The van der Waals surface area contributed by atoms with Gasteiger partial charge in [0.15, 0.2) is 5.82 Å². The average molecular weight is 476 g/mol. The van der Waals surface area contributed by atoms with Crippen LogP contribution in [0.2, 0.25) is 0 Å². The first-order valence-electron chi connectivity index (χ1n) is 12.0. The van der Waals surface area contributed by atoms with Crippen LogP contribution in [0.1, 0.15) is 19.2 Å². The molecule has 182 valence electrons. The van der Waals surface area contributed by atoms with Crippen molar-refractivity contribution in [1.29, 1.82) is 0 Å². The van der Waals surface area contributed by atoms with Gasteiger partial charge in [-0.3, -0.25) is 14.5 Å². The van der Waals surface area contributed by atoms with E-state index in [9.17, 15) is 9.59 Å². The highest BCUT2D eigenvalue weighted by molar-refractivity contribution is 6.00. The number of aromatic nitrogens is 4. The molecule has 2 amide bonds. The predicted octanol–water partition coefficient (Wildman–Crippen LogP) is 1.76. The fraction of sp³-hybridized carbons (Fsp3) is 0.400. The Bertz CT molecular complexity index is 1160. The van der Waals surface area contributed by atoms with Gasteiger partial charge >= 0.3 is 0 Å². The second-order valence-electron chi connectivity index (χ2n) is 8.78. The van der Waals surface area contributed by atoms with Gasteiger partial charge in [-0.2, -0.15) is 4.68 Å². The van der Waals surface area contributed by atoms with Gasteiger partial charge in [-0.1, -0.05) is 18.2 Å². The Hall–Kier alpha value is -3.79. The van der Waals surface area contributed by atoms with E-state index in [2.05, 4.69) is 20.4 Å². The predicted molar refractivity (Wildman–Crippen MR) is 129 cm³/mol. The zero-order chi connectivity index (χ0) is 24.2. The summed E-state index contributed by atoms with van der Waals surface area (Å²) < 4.78 is 7.24. The molecule has 10 heteroatoms. The van der Waals surface area contributed by atoms with E-state index in [1.807, 2.05) is 66.4 Å². The molecule has 0 bridgehead atoms. The van der Waals surface area contributed by atoms with E-state index in [1.54, 1.807) is 9.58 Å². The van der Waals surface area contributed by atoms with Crippen molar-refractivity contribution in [2.75, 3.05) is 44.2 Å². The first kappa shape index (κ1) is 23.0. The minimum Gasteiger partial charge on any atom is -0.494 e. The molecule has 2 saturated heterocycles. The van der Waals surface area contributed by atoms with Crippen molar-refractivity contribution < 1.29 is 14.3 Å². The normalized spacial score (nSPS) is 18.8. The molecule has 35 heavy (non-hydrogen) atoms. The molecule has 0 aliphatic carbocycles. The number of benzene rings is 2. The smallest absolute Gasteiger partial charge is 0.228 e. The summed E-state index contributed by atoms with van der Waals surface area (Å²) in [5.74, 6) is 1.34. The molecule has 1 unspecified atom stereocenters. The number of para-hydroxylation sites is 1. The van der Waals surface area contributed by atoms with E-state index in [0.717, 1.165) is 36.0 Å². The van der Waals surface area contributed by atoms with Gasteiger partial charge in [0.05, 0.1) is 24.8 Å². The summed E-state index contributed by atoms with van der Waals surface area (Å²) in [5.41, 5.74) is 1.72. The first-order valence-corrected chi connectivity index (χ1v) is 12.0. The highest BCUT2D eigenvalue weighted by Crippen LogP contribution is 2.26. The third-order valence-corrected chi connectivity index (χ3v) is 6.52. The third kappa shape index (κ3) is 5.02. The molecular formula is C25H29N7O3. The number of nitrogens with zero attached hydrogens (tertiary/aromatic N) is 7. The minimum absolute atomic E-state index is 0.00862. The molecule has 1 atom stereocenters. The van der Waals surface area contributed by atoms with Crippen molar-refractivity contribution in [3.05, 3.63) is 60.4 Å². The molecule has 0 saturated carbocycles. The number of tetrazole rings is 1. The summed E-state index contributed by atoms with van der Waals surface area (Å²) in [6.07, 6.45) is 0.269. The number of hydrogen-bond acceptors (Lipinski definition) is 7. The van der Waals surface area contributed by atoms with Crippen molar-refractivity contribution in [2.24, 2.45) is 5.92 Å². The monoisotopic (exact) mass is 475 g/mol. The van der Waals surface area contributed by atoms with Gasteiger partial charge in [-0.25, -0.2) is 0 Å². The van der Waals surface area contributed by atoms with Crippen LogP contribution in [0.3, 0.4) is 0 Å². The van der Waals surface area contributed by atoms with Gasteiger partial charge in [0.2, 0.25) is 11.8 Å². The second kappa shape index (κ2) is 10.2. The highest BCUT2D eigenvalue weighted by Gasteiger charge is 2.38. The Balaban J connectivity index is 1.16. The van der Waals surface area contributed by atoms with E-state index in [-0.39, 0.29) is 24.2 Å². The number of amides is 2. The average Bonchev–Trinajstić information content (AvgIpc) is 3.52. The number of ether oxygens (including phenoxy) is 1. The SMILES string of the molecule is CCOc1ccc(-n2nnnc2CN2CCN(C(=O)C3CC(=O)N(c4ccccc4)C3)CC2)cc1. The van der Waals surface area contributed by atoms with Crippen molar-refractivity contribution in [3.8, 4) is 11.4 Å². The lowest BCUT2D eigenvalue weighted by Gasteiger charge is -2.35. The maximum atomic E-state index is 13.1. The largest absolute Gasteiger partial charge is 0.494 e. The minimum atomic E-state index is -0.291. The molecule has 2 aromatic carbocycles. The molecule has 0 radical (unpaired) electrons. The van der Waals surface area contributed by atoms with Crippen molar-refractivity contribution in [1.82, 2.24) is 30.0 Å². The lowest BCUT2D eigenvalue weighted by atomic mass is 10.1. The van der Waals surface area contributed by atoms with Gasteiger partial charge in [-0.05, 0) is 53.7 Å². The van der Waals surface area contributed by atoms with Gasteiger partial charge < -0.3 is 14.5 Å². The molecule has 2 aliphatic heterocycles. The molecule has 0 N–H and O–H groups in total. The molecule has 10 nitrogen and oxygen atoms in total. The van der Waals surface area contributed by atoms with E-state index >= 15 is 0 Å². The Morgan fingerprint density at radius 3 is 2.46 bits per heavy atom. The van der Waals surface area contributed by atoms with Crippen molar-refractivity contribution >= 4 is 17.5 Å². The number of piperazine rings is 1. The van der Waals surface area contributed by atoms with Crippen LogP contribution in [0.4, 0.5) is 5.69 Å². The number of rotatable bonds is 7. The molecule has 5 rings (SSSR count). The summed E-state index contributed by atoms with van der Waals surface area (Å²) in [6, 6.07) is 17.2. The number of hydrogen-bond donors (Lipinski definition) is 0. The number of anilines is 1. The van der Waals surface area contributed by atoms with E-state index in [4.69, 9.17) is 4.74 Å². The van der Waals surface area contributed by atoms with Crippen molar-refractivity contribution in [2.45, 2.75) is 19.9 Å². The molecule has 2 fully saturated rings. The topological polar surface area (TPSA) is 96.7 Å². The van der Waals surface area contributed by atoms with Gasteiger partial charge in [-0.15, -0.1) is 5.10 Å². The maximum Gasteiger partial charge on any atom is 0.228 e. The standard InChI is InChI=1S/C25H29N7O3/c1-2-35-22-10-8-21(9-11-22)32-23(26-27-28-32)18-29-12-14-30(15-13-29)25(34)19-16-24(33)31(17-19)20-6-4-3-5-7-20/h3-11,19H,2,12-18H2,1H3. The Kier molecular flexibility index (Phi) is 6.71. The van der Waals surface area contributed by atoms with Crippen LogP contribution in [0.15, 0.2) is 54.6 Å².